The molecule has 1 N–H and O–H groups in total. The Morgan fingerprint density at radius 3 is 2.34 bits per heavy atom. The van der Waals surface area contributed by atoms with E-state index in [2.05, 4.69) is 10.1 Å². The number of hydrogen-bond acceptors (Lipinski definition) is 4. The van der Waals surface area contributed by atoms with Crippen molar-refractivity contribution in [3.63, 3.8) is 0 Å². The number of para-hydroxylation sites is 2. The lowest BCUT2D eigenvalue weighted by Gasteiger charge is -2.25. The molecule has 1 saturated heterocycles. The summed E-state index contributed by atoms with van der Waals surface area (Å²) < 4.78 is 56.1. The van der Waals surface area contributed by atoms with E-state index in [4.69, 9.17) is 0 Å². The van der Waals surface area contributed by atoms with Crippen LogP contribution in [0.25, 0.3) is 0 Å². The van der Waals surface area contributed by atoms with E-state index >= 15 is 0 Å². The summed E-state index contributed by atoms with van der Waals surface area (Å²) >= 11 is 0. The van der Waals surface area contributed by atoms with Crippen LogP contribution in [-0.2, 0) is 21.2 Å². The van der Waals surface area contributed by atoms with Crippen molar-refractivity contribution in [2.24, 2.45) is 0 Å². The van der Waals surface area contributed by atoms with Crippen molar-refractivity contribution in [2.45, 2.75) is 37.2 Å². The van der Waals surface area contributed by atoms with Gasteiger partial charge in [-0.15, -0.1) is 0 Å². The average molecular weight is 424 g/mol. The number of carbonyl (C=O) groups is 1. The smallest absolute Gasteiger partial charge is 0.387 e. The molecule has 2 aromatic rings. The van der Waals surface area contributed by atoms with Crippen LogP contribution in [0.3, 0.4) is 0 Å². The van der Waals surface area contributed by atoms with E-state index in [0.29, 0.717) is 18.7 Å². The molecule has 9 heteroatoms. The minimum absolute atomic E-state index is 0.0347. The van der Waals surface area contributed by atoms with Gasteiger partial charge in [0.2, 0.25) is 15.9 Å². The maximum Gasteiger partial charge on any atom is 0.387 e. The molecule has 1 aliphatic heterocycles. The fourth-order valence-electron chi connectivity index (χ4n) is 3.18. The first-order valence-corrected chi connectivity index (χ1v) is 10.7. The zero-order valence-electron chi connectivity index (χ0n) is 15.7. The number of piperidine rings is 1. The Morgan fingerprint density at radius 2 is 1.69 bits per heavy atom. The van der Waals surface area contributed by atoms with Crippen LogP contribution in [0, 0.1) is 0 Å². The predicted molar refractivity (Wildman–Crippen MR) is 104 cm³/mol. The highest BCUT2D eigenvalue weighted by Crippen LogP contribution is 2.26. The van der Waals surface area contributed by atoms with Crippen molar-refractivity contribution < 1.29 is 26.7 Å². The number of carbonyl (C=O) groups excluding carboxylic acids is 1. The molecule has 1 fully saturated rings. The van der Waals surface area contributed by atoms with E-state index in [1.165, 1.54) is 34.6 Å². The van der Waals surface area contributed by atoms with E-state index in [1.54, 1.807) is 18.2 Å². The Balaban J connectivity index is 1.65. The molecule has 29 heavy (non-hydrogen) atoms. The third-order valence-electron chi connectivity index (χ3n) is 4.62. The van der Waals surface area contributed by atoms with Crippen LogP contribution in [-0.4, -0.2) is 38.3 Å². The topological polar surface area (TPSA) is 75.7 Å². The highest BCUT2D eigenvalue weighted by Gasteiger charge is 2.25. The molecular weight excluding hydrogens is 402 g/mol. The number of sulfonamides is 1. The van der Waals surface area contributed by atoms with Gasteiger partial charge in [-0.05, 0) is 42.7 Å². The molecule has 156 valence electrons. The Hall–Kier alpha value is -2.52. The van der Waals surface area contributed by atoms with Gasteiger partial charge in [0.1, 0.15) is 5.75 Å². The number of nitrogens with zero attached hydrogens (tertiary/aromatic N) is 1. The van der Waals surface area contributed by atoms with Crippen LogP contribution in [0.4, 0.5) is 14.5 Å². The molecule has 0 atom stereocenters. The molecule has 1 amide bonds. The normalized spacial score (nSPS) is 15.3. The van der Waals surface area contributed by atoms with E-state index in [1.807, 2.05) is 0 Å². The number of rotatable bonds is 7. The molecule has 0 bridgehead atoms. The lowest BCUT2D eigenvalue weighted by molar-refractivity contribution is -0.115. The molecular formula is C20H22F2N2O4S. The zero-order chi connectivity index (χ0) is 20.9. The summed E-state index contributed by atoms with van der Waals surface area (Å²) in [6.07, 6.45) is 2.71. The maximum absolute atomic E-state index is 12.7. The molecule has 0 spiro atoms. The highest BCUT2D eigenvalue weighted by molar-refractivity contribution is 7.89. The van der Waals surface area contributed by atoms with Gasteiger partial charge < -0.3 is 10.1 Å². The van der Waals surface area contributed by atoms with Crippen molar-refractivity contribution in [2.75, 3.05) is 18.4 Å². The van der Waals surface area contributed by atoms with E-state index < -0.39 is 22.5 Å². The van der Waals surface area contributed by atoms with E-state index in [9.17, 15) is 22.0 Å². The summed E-state index contributed by atoms with van der Waals surface area (Å²) in [7, 11) is -3.53. The quantitative estimate of drug-likeness (QED) is 0.736. The number of amides is 1. The van der Waals surface area contributed by atoms with Crippen LogP contribution >= 0.6 is 0 Å². The largest absolute Gasteiger partial charge is 0.433 e. The molecule has 3 rings (SSSR count). The number of benzene rings is 2. The summed E-state index contributed by atoms with van der Waals surface area (Å²) in [5, 5.41) is 2.54. The number of nitrogens with one attached hydrogen (secondary N) is 1. The minimum atomic E-state index is -3.53. The van der Waals surface area contributed by atoms with Gasteiger partial charge in [-0.25, -0.2) is 8.42 Å². The lowest BCUT2D eigenvalue weighted by Crippen LogP contribution is -2.35. The SMILES string of the molecule is O=C(Cc1ccc(S(=O)(=O)N2CCCCC2)cc1)Nc1ccccc1OC(F)F. The second-order valence-electron chi connectivity index (χ2n) is 6.71. The van der Waals surface area contributed by atoms with Crippen molar-refractivity contribution in [1.82, 2.24) is 4.31 Å². The van der Waals surface area contributed by atoms with Crippen LogP contribution in [0.15, 0.2) is 53.4 Å². The van der Waals surface area contributed by atoms with Gasteiger partial charge in [0.05, 0.1) is 17.0 Å². The summed E-state index contributed by atoms with van der Waals surface area (Å²) in [5.74, 6) is -0.555. The van der Waals surface area contributed by atoms with Crippen LogP contribution < -0.4 is 10.1 Å². The maximum atomic E-state index is 12.7. The molecule has 1 heterocycles. The minimum Gasteiger partial charge on any atom is -0.433 e. The number of alkyl halides is 2. The fraction of sp³-hybridized carbons (Fsp3) is 0.350. The van der Waals surface area contributed by atoms with Crippen LogP contribution in [0.2, 0.25) is 0 Å². The lowest BCUT2D eigenvalue weighted by atomic mass is 10.1. The molecule has 2 aromatic carbocycles. The average Bonchev–Trinajstić information content (AvgIpc) is 2.70. The zero-order valence-corrected chi connectivity index (χ0v) is 16.5. The van der Waals surface area contributed by atoms with Gasteiger partial charge in [-0.3, -0.25) is 4.79 Å². The Morgan fingerprint density at radius 1 is 1.03 bits per heavy atom. The van der Waals surface area contributed by atoms with Gasteiger partial charge in [0.25, 0.3) is 0 Å². The van der Waals surface area contributed by atoms with Gasteiger partial charge in [0, 0.05) is 13.1 Å². The second kappa shape index (κ2) is 9.32. The van der Waals surface area contributed by atoms with Crippen molar-refractivity contribution >= 4 is 21.6 Å². The van der Waals surface area contributed by atoms with Gasteiger partial charge in [-0.2, -0.15) is 13.1 Å². The summed E-state index contributed by atoms with van der Waals surface area (Å²) in [6, 6.07) is 12.0. The van der Waals surface area contributed by atoms with Gasteiger partial charge in [0.15, 0.2) is 0 Å². The Labute approximate surface area is 168 Å². The first-order valence-electron chi connectivity index (χ1n) is 9.29. The summed E-state index contributed by atoms with van der Waals surface area (Å²) in [6.45, 7) is -1.96. The molecule has 1 aliphatic rings. The van der Waals surface area contributed by atoms with Crippen molar-refractivity contribution in [1.29, 1.82) is 0 Å². The van der Waals surface area contributed by atoms with Gasteiger partial charge in [-0.1, -0.05) is 30.7 Å². The van der Waals surface area contributed by atoms with Gasteiger partial charge >= 0.3 is 6.61 Å². The van der Waals surface area contributed by atoms with Crippen LogP contribution in [0.1, 0.15) is 24.8 Å². The Bertz CT molecular complexity index is 943. The number of hydrogen-bond donors (Lipinski definition) is 1. The first-order chi connectivity index (χ1) is 13.9. The summed E-state index contributed by atoms with van der Waals surface area (Å²) in [5.41, 5.74) is 0.745. The first kappa shape index (κ1) is 21.2. The molecule has 6 nitrogen and oxygen atoms in total. The summed E-state index contributed by atoms with van der Waals surface area (Å²) in [4.78, 5) is 12.5. The Kier molecular flexibility index (Phi) is 6.81. The molecule has 0 unspecified atom stereocenters. The fourth-order valence-corrected chi connectivity index (χ4v) is 4.70. The number of anilines is 1. The predicted octanol–water partition coefficient (Wildman–Crippen LogP) is 3.64. The van der Waals surface area contributed by atoms with E-state index in [-0.39, 0.29) is 22.8 Å². The number of ether oxygens (including phenoxy) is 1. The van der Waals surface area contributed by atoms with Crippen LogP contribution in [0.5, 0.6) is 5.75 Å². The van der Waals surface area contributed by atoms with E-state index in [0.717, 1.165) is 19.3 Å². The third kappa shape index (κ3) is 5.51. The van der Waals surface area contributed by atoms with Crippen molar-refractivity contribution in [3.8, 4) is 5.75 Å². The molecule has 0 radical (unpaired) electrons. The molecule has 0 aromatic heterocycles. The second-order valence-corrected chi connectivity index (χ2v) is 8.65. The number of halogens is 2. The third-order valence-corrected chi connectivity index (χ3v) is 6.53. The molecule has 0 saturated carbocycles. The standard InChI is InChI=1S/C20H22F2N2O4S/c21-20(22)28-18-7-3-2-6-17(18)23-19(25)14-15-8-10-16(11-9-15)29(26,27)24-12-4-1-5-13-24/h2-3,6-11,20H,1,4-5,12-14H2,(H,23,25). The highest BCUT2D eigenvalue weighted by atomic mass is 32.2. The molecule has 0 aliphatic carbocycles. The monoisotopic (exact) mass is 424 g/mol. The van der Waals surface area contributed by atoms with Crippen molar-refractivity contribution in [3.05, 3.63) is 54.1 Å².